The molecule has 0 aromatic carbocycles. The Morgan fingerprint density at radius 2 is 1.50 bits per heavy atom. The van der Waals surface area contributed by atoms with Gasteiger partial charge in [0.2, 0.25) is 0 Å². The minimum atomic E-state index is -0.547. The molecule has 1 aliphatic rings. The molecule has 1 unspecified atom stereocenters. The molecule has 0 aliphatic heterocycles. The molecule has 1 rings (SSSR count). The largest absolute Gasteiger partial charge is 4.00 e. The zero-order chi connectivity index (χ0) is 12.8. The summed E-state index contributed by atoms with van der Waals surface area (Å²) in [6, 6.07) is 0. The van der Waals surface area contributed by atoms with Crippen molar-refractivity contribution in [2.24, 2.45) is 5.92 Å². The summed E-state index contributed by atoms with van der Waals surface area (Å²) in [5.41, 5.74) is 0. The number of alkyl halides is 1. The average molecular weight is 313 g/mol. The normalized spacial score (nSPS) is 20.3. The smallest absolute Gasteiger partial charge is 0.668 e. The molecular formula is C12H28FN3STi. The second-order valence-corrected chi connectivity index (χ2v) is 4.54. The Bertz CT molecular complexity index is 132. The molecule has 0 bridgehead atoms. The molecular weight excluding hydrogens is 285 g/mol. The summed E-state index contributed by atoms with van der Waals surface area (Å²) >= 11 is 1.49. The van der Waals surface area contributed by atoms with Crippen molar-refractivity contribution in [2.75, 3.05) is 41.0 Å². The van der Waals surface area contributed by atoms with Crippen LogP contribution < -0.4 is 0 Å². The summed E-state index contributed by atoms with van der Waals surface area (Å²) in [7, 11) is 8.76. The summed E-state index contributed by atoms with van der Waals surface area (Å²) in [6.45, 7) is 0. The van der Waals surface area contributed by atoms with Crippen LogP contribution in [0.3, 0.4) is 0 Å². The van der Waals surface area contributed by atoms with Crippen LogP contribution in [0.2, 0.25) is 0 Å². The van der Waals surface area contributed by atoms with E-state index in [0.717, 1.165) is 25.0 Å². The van der Waals surface area contributed by atoms with Crippen LogP contribution in [0.1, 0.15) is 19.3 Å². The summed E-state index contributed by atoms with van der Waals surface area (Å²) in [4.78, 5) is 0. The third-order valence-electron chi connectivity index (χ3n) is 1.98. The first kappa shape index (κ1) is 27.3. The van der Waals surface area contributed by atoms with Crippen LogP contribution in [0.4, 0.5) is 4.39 Å². The van der Waals surface area contributed by atoms with Gasteiger partial charge in [-0.15, -0.1) is 0 Å². The summed E-state index contributed by atoms with van der Waals surface area (Å²) in [5.74, 6) is 1.16. The molecule has 1 aliphatic carbocycles. The molecule has 0 amide bonds. The third kappa shape index (κ3) is 19.2. The first-order chi connectivity index (χ1) is 7.67. The van der Waals surface area contributed by atoms with Crippen LogP contribution in [-0.4, -0.2) is 47.2 Å². The van der Waals surface area contributed by atoms with E-state index in [4.69, 9.17) is 0 Å². The molecule has 0 aromatic heterocycles. The van der Waals surface area contributed by atoms with Gasteiger partial charge in [-0.05, 0) is 24.5 Å². The summed E-state index contributed by atoms with van der Waals surface area (Å²) in [6.07, 6.45) is 2.35. The molecule has 108 valence electrons. The Kier molecular flexibility index (Phi) is 34.8. The van der Waals surface area contributed by atoms with Gasteiger partial charge in [-0.2, -0.15) is 35.2 Å². The molecule has 0 spiro atoms. The molecule has 0 N–H and O–H groups in total. The number of nitrogens with zero attached hydrogens (tertiary/aromatic N) is 3. The Morgan fingerprint density at radius 3 is 1.78 bits per heavy atom. The molecule has 6 heteroatoms. The van der Waals surface area contributed by atoms with Crippen LogP contribution >= 0.6 is 11.9 Å². The molecule has 1 saturated carbocycles. The van der Waals surface area contributed by atoms with Gasteiger partial charge in [0.1, 0.15) is 6.17 Å². The van der Waals surface area contributed by atoms with Crippen molar-refractivity contribution in [3.05, 3.63) is 22.8 Å². The Balaban J connectivity index is -0.000000106. The maximum Gasteiger partial charge on any atom is 4.00 e. The predicted molar refractivity (Wildman–Crippen MR) is 80.8 cm³/mol. The van der Waals surface area contributed by atoms with E-state index in [0.29, 0.717) is 0 Å². The topological polar surface area (TPSA) is 42.3 Å². The van der Waals surface area contributed by atoms with E-state index in [2.05, 4.69) is 15.4 Å². The fourth-order valence-electron chi connectivity index (χ4n) is 1.35. The van der Waals surface area contributed by atoms with Gasteiger partial charge in [-0.1, -0.05) is 6.42 Å². The van der Waals surface area contributed by atoms with Crippen molar-refractivity contribution in [3.8, 4) is 0 Å². The maximum atomic E-state index is 12.9. The van der Waals surface area contributed by atoms with Crippen molar-refractivity contribution >= 4 is 11.9 Å². The minimum absolute atomic E-state index is 0. The Morgan fingerprint density at radius 1 is 1.06 bits per heavy atom. The van der Waals surface area contributed by atoms with Crippen LogP contribution in [-0.2, 0) is 21.7 Å². The van der Waals surface area contributed by atoms with Gasteiger partial charge in [0.05, 0.1) is 0 Å². The Hall–Kier alpha value is 0.874. The van der Waals surface area contributed by atoms with E-state index < -0.39 is 6.17 Å². The fourth-order valence-corrected chi connectivity index (χ4v) is 2.07. The summed E-state index contributed by atoms with van der Waals surface area (Å²) < 4.78 is 16.7. The van der Waals surface area contributed by atoms with E-state index in [1.807, 2.05) is 0 Å². The Labute approximate surface area is 133 Å². The van der Waals surface area contributed by atoms with Crippen molar-refractivity contribution in [1.29, 1.82) is 0 Å². The number of hydrogen-bond acceptors (Lipinski definition) is 1. The SMILES string of the molecule is C[N-]C.C[N-]C.C[N-]SC[C@@H]1CCCC1F.[CH3-].[Ti+4]. The molecule has 18 heavy (non-hydrogen) atoms. The van der Waals surface area contributed by atoms with Crippen LogP contribution in [0.15, 0.2) is 0 Å². The molecule has 2 atom stereocenters. The quantitative estimate of drug-likeness (QED) is 0.431. The molecule has 0 radical (unpaired) electrons. The van der Waals surface area contributed by atoms with Crippen molar-refractivity contribution in [3.63, 3.8) is 0 Å². The van der Waals surface area contributed by atoms with E-state index in [1.165, 1.54) is 11.9 Å². The standard InChI is InChI=1S/C7H13FNS.2C2H6N.CH3.Ti/c1-9-10-5-6-3-2-4-7(6)8;2*1-3-2;;/h6-7H,2-5H2,1H3;2*1-2H3;1H3;/q4*-1;+4/t6-,7?;;;;/m0..../s1. The van der Waals surface area contributed by atoms with Crippen LogP contribution in [0.5, 0.6) is 0 Å². The minimum Gasteiger partial charge on any atom is -0.668 e. The number of rotatable bonds is 3. The van der Waals surface area contributed by atoms with Gasteiger partial charge in [0.15, 0.2) is 0 Å². The second-order valence-electron chi connectivity index (χ2n) is 3.58. The van der Waals surface area contributed by atoms with Gasteiger partial charge in [0.25, 0.3) is 0 Å². The van der Waals surface area contributed by atoms with Gasteiger partial charge in [0, 0.05) is 0 Å². The number of halogens is 1. The summed E-state index contributed by atoms with van der Waals surface area (Å²) in [5, 5.41) is 7.00. The number of hydrogen-bond donors (Lipinski definition) is 0. The molecule has 0 heterocycles. The van der Waals surface area contributed by atoms with Gasteiger partial charge in [-0.25, -0.2) is 4.39 Å². The zero-order valence-corrected chi connectivity index (χ0v) is 15.0. The monoisotopic (exact) mass is 313 g/mol. The maximum absolute atomic E-state index is 12.9. The molecule has 0 aromatic rings. The average Bonchev–Trinajstić information content (AvgIpc) is 2.63. The second kappa shape index (κ2) is 23.0. The van der Waals surface area contributed by atoms with Gasteiger partial charge >= 0.3 is 21.7 Å². The predicted octanol–water partition coefficient (Wildman–Crippen LogP) is 4.46. The first-order valence-corrected chi connectivity index (χ1v) is 6.43. The van der Waals surface area contributed by atoms with Crippen molar-refractivity contribution < 1.29 is 26.1 Å². The van der Waals surface area contributed by atoms with Gasteiger partial charge in [-0.3, -0.25) is 11.9 Å². The molecule has 0 saturated heterocycles. The fraction of sp³-hybridized carbons (Fsp3) is 0.917. The van der Waals surface area contributed by atoms with E-state index in [-0.39, 0.29) is 35.1 Å². The van der Waals surface area contributed by atoms with E-state index >= 15 is 0 Å². The molecule has 1 fully saturated rings. The zero-order valence-electron chi connectivity index (χ0n) is 12.6. The van der Waals surface area contributed by atoms with Crippen LogP contribution in [0, 0.1) is 13.3 Å². The molecule has 3 nitrogen and oxygen atoms in total. The van der Waals surface area contributed by atoms with E-state index in [9.17, 15) is 4.39 Å². The van der Waals surface area contributed by atoms with Gasteiger partial charge < -0.3 is 22.8 Å². The first-order valence-electron chi connectivity index (χ1n) is 5.48. The van der Waals surface area contributed by atoms with Crippen molar-refractivity contribution in [1.82, 2.24) is 0 Å². The van der Waals surface area contributed by atoms with Crippen molar-refractivity contribution in [2.45, 2.75) is 25.4 Å². The third-order valence-corrected chi connectivity index (χ3v) is 2.82. The van der Waals surface area contributed by atoms with E-state index in [1.54, 1.807) is 35.2 Å². The van der Waals surface area contributed by atoms with Crippen LogP contribution in [0.25, 0.3) is 15.4 Å².